The Hall–Kier alpha value is -1.40. The summed E-state index contributed by atoms with van der Waals surface area (Å²) in [6.45, 7) is 4.84. The summed E-state index contributed by atoms with van der Waals surface area (Å²) in [7, 11) is 0. The van der Waals surface area contributed by atoms with Crippen LogP contribution in [-0.2, 0) is 14.3 Å². The molecule has 6 nitrogen and oxygen atoms in total. The first-order valence-corrected chi connectivity index (χ1v) is 21.9. The smallest absolute Gasteiger partial charge is 0.305 e. The fourth-order valence-electron chi connectivity index (χ4n) is 6.63. The molecule has 2 unspecified atom stereocenters. The molecule has 0 heterocycles. The van der Waals surface area contributed by atoms with Crippen LogP contribution in [0.2, 0.25) is 0 Å². The Morgan fingerprint density at radius 2 is 0.940 bits per heavy atom. The predicted octanol–water partition coefficient (Wildman–Crippen LogP) is 12.2. The molecule has 0 aliphatic rings. The fraction of sp³-hybridized carbons (Fsp3) is 0.909. The van der Waals surface area contributed by atoms with Gasteiger partial charge in [0.1, 0.15) is 0 Å². The van der Waals surface area contributed by atoms with Crippen molar-refractivity contribution in [2.45, 2.75) is 244 Å². The minimum Gasteiger partial charge on any atom is -0.466 e. The molecule has 0 spiro atoms. The molecule has 0 saturated heterocycles. The molecular weight excluding hydrogens is 622 g/mol. The van der Waals surface area contributed by atoms with E-state index in [0.717, 1.165) is 77.0 Å². The van der Waals surface area contributed by atoms with Gasteiger partial charge in [0.2, 0.25) is 5.91 Å². The standard InChI is InChI=1S/C44H85NO5/c1-3-5-7-9-11-13-15-17-20-24-28-32-36-42(47)41(40-46)45-43(48)37-33-29-25-21-18-19-23-27-31-35-39-50-44(49)38-34-30-26-22-16-14-12-10-8-6-4-2/h19,23,41-42,46-47H,3-18,20-22,24-40H2,1-2H3,(H,45,48)/b23-19-. The van der Waals surface area contributed by atoms with Gasteiger partial charge in [-0.1, -0.05) is 180 Å². The lowest BCUT2D eigenvalue weighted by Crippen LogP contribution is -2.45. The average molecular weight is 708 g/mol. The van der Waals surface area contributed by atoms with Gasteiger partial charge < -0.3 is 20.3 Å². The van der Waals surface area contributed by atoms with E-state index in [0.29, 0.717) is 25.9 Å². The molecule has 0 aliphatic carbocycles. The molecule has 0 saturated carbocycles. The summed E-state index contributed by atoms with van der Waals surface area (Å²) in [5, 5.41) is 23.1. The number of rotatable bonds is 40. The molecule has 0 aliphatic heterocycles. The number of allylic oxidation sites excluding steroid dienone is 2. The SMILES string of the molecule is CCCCCCCCCCCCCCC(O)C(CO)NC(=O)CCCCCC/C=C\CCCCOC(=O)CCCCCCCCCCCCC. The second-order valence-electron chi connectivity index (χ2n) is 15.0. The van der Waals surface area contributed by atoms with E-state index < -0.39 is 12.1 Å². The van der Waals surface area contributed by atoms with Crippen LogP contribution in [0.1, 0.15) is 232 Å². The van der Waals surface area contributed by atoms with Crippen LogP contribution < -0.4 is 5.32 Å². The molecule has 3 N–H and O–H groups in total. The molecule has 2 atom stereocenters. The first-order chi connectivity index (χ1) is 24.5. The third-order valence-electron chi connectivity index (χ3n) is 10.1. The number of aliphatic hydroxyl groups is 2. The number of aliphatic hydroxyl groups excluding tert-OH is 2. The van der Waals surface area contributed by atoms with Crippen LogP contribution in [0.15, 0.2) is 12.2 Å². The van der Waals surface area contributed by atoms with Crippen LogP contribution >= 0.6 is 0 Å². The molecule has 0 aromatic carbocycles. The highest BCUT2D eigenvalue weighted by Gasteiger charge is 2.20. The highest BCUT2D eigenvalue weighted by atomic mass is 16.5. The molecule has 6 heteroatoms. The number of ether oxygens (including phenoxy) is 1. The first kappa shape index (κ1) is 48.6. The fourth-order valence-corrected chi connectivity index (χ4v) is 6.63. The number of amides is 1. The van der Waals surface area contributed by atoms with Crippen LogP contribution in [0.4, 0.5) is 0 Å². The summed E-state index contributed by atoms with van der Waals surface area (Å²) < 4.78 is 5.40. The van der Waals surface area contributed by atoms with Gasteiger partial charge in [0.05, 0.1) is 25.4 Å². The molecule has 0 aromatic rings. The van der Waals surface area contributed by atoms with E-state index in [4.69, 9.17) is 4.74 Å². The Morgan fingerprint density at radius 1 is 0.540 bits per heavy atom. The van der Waals surface area contributed by atoms with Gasteiger partial charge in [0, 0.05) is 12.8 Å². The highest BCUT2D eigenvalue weighted by Crippen LogP contribution is 2.15. The maximum atomic E-state index is 12.4. The lowest BCUT2D eigenvalue weighted by Gasteiger charge is -2.22. The van der Waals surface area contributed by atoms with E-state index in [1.807, 2.05) is 0 Å². The van der Waals surface area contributed by atoms with Crippen LogP contribution in [0.3, 0.4) is 0 Å². The number of hydrogen-bond acceptors (Lipinski definition) is 5. The zero-order chi connectivity index (χ0) is 36.6. The lowest BCUT2D eigenvalue weighted by molar-refractivity contribution is -0.143. The maximum absolute atomic E-state index is 12.4. The minimum absolute atomic E-state index is 0.0372. The minimum atomic E-state index is -0.682. The van der Waals surface area contributed by atoms with Crippen LogP contribution in [-0.4, -0.2) is 47.4 Å². The molecule has 1 amide bonds. The van der Waals surface area contributed by atoms with E-state index in [1.54, 1.807) is 0 Å². The molecule has 0 fully saturated rings. The predicted molar refractivity (Wildman–Crippen MR) is 213 cm³/mol. The number of carbonyl (C=O) groups is 2. The Kier molecular flexibility index (Phi) is 39.2. The van der Waals surface area contributed by atoms with E-state index >= 15 is 0 Å². The summed E-state index contributed by atoms with van der Waals surface area (Å²) in [5.74, 6) is -0.109. The van der Waals surface area contributed by atoms with E-state index in [1.165, 1.54) is 122 Å². The number of esters is 1. The highest BCUT2D eigenvalue weighted by molar-refractivity contribution is 5.76. The van der Waals surface area contributed by atoms with Gasteiger partial charge in [0.15, 0.2) is 0 Å². The monoisotopic (exact) mass is 708 g/mol. The summed E-state index contributed by atoms with van der Waals surface area (Å²) in [5.41, 5.74) is 0. The van der Waals surface area contributed by atoms with E-state index in [2.05, 4.69) is 31.3 Å². The number of carbonyl (C=O) groups excluding carboxylic acids is 2. The van der Waals surface area contributed by atoms with Crippen molar-refractivity contribution < 1.29 is 24.5 Å². The number of hydrogen-bond donors (Lipinski definition) is 3. The summed E-state index contributed by atoms with van der Waals surface area (Å²) >= 11 is 0. The van der Waals surface area contributed by atoms with Gasteiger partial charge in [-0.15, -0.1) is 0 Å². The Bertz CT molecular complexity index is 742. The second-order valence-corrected chi connectivity index (χ2v) is 15.0. The van der Waals surface area contributed by atoms with Gasteiger partial charge in [-0.25, -0.2) is 0 Å². The van der Waals surface area contributed by atoms with Crippen molar-refractivity contribution in [2.75, 3.05) is 13.2 Å². The average Bonchev–Trinajstić information content (AvgIpc) is 3.11. The van der Waals surface area contributed by atoms with Crippen molar-refractivity contribution in [2.24, 2.45) is 0 Å². The quantitative estimate of drug-likeness (QED) is 0.0335. The van der Waals surface area contributed by atoms with Gasteiger partial charge in [-0.3, -0.25) is 9.59 Å². The van der Waals surface area contributed by atoms with Crippen LogP contribution in [0.5, 0.6) is 0 Å². The largest absolute Gasteiger partial charge is 0.466 e. The van der Waals surface area contributed by atoms with Crippen LogP contribution in [0.25, 0.3) is 0 Å². The van der Waals surface area contributed by atoms with Gasteiger partial charge in [-0.05, 0) is 51.4 Å². The maximum Gasteiger partial charge on any atom is 0.305 e. The summed E-state index contributed by atoms with van der Waals surface area (Å²) in [6, 6.07) is -0.563. The summed E-state index contributed by atoms with van der Waals surface area (Å²) in [6.07, 6.45) is 43.1. The zero-order valence-electron chi connectivity index (χ0n) is 33.4. The second kappa shape index (κ2) is 40.4. The normalized spacial score (nSPS) is 12.8. The van der Waals surface area contributed by atoms with Crippen molar-refractivity contribution in [1.82, 2.24) is 5.32 Å². The van der Waals surface area contributed by atoms with Crippen LogP contribution in [0, 0.1) is 0 Å². The number of nitrogens with one attached hydrogen (secondary N) is 1. The molecule has 296 valence electrons. The Balaban J connectivity index is 3.55. The van der Waals surface area contributed by atoms with Crippen molar-refractivity contribution in [3.05, 3.63) is 12.2 Å². The third kappa shape index (κ3) is 36.4. The number of unbranched alkanes of at least 4 members (excludes halogenated alkanes) is 27. The van der Waals surface area contributed by atoms with Crippen molar-refractivity contribution in [3.8, 4) is 0 Å². The van der Waals surface area contributed by atoms with Gasteiger partial charge in [0.25, 0.3) is 0 Å². The Labute approximate surface area is 310 Å². The molecular formula is C44H85NO5. The molecule has 0 radical (unpaired) electrons. The summed E-state index contributed by atoms with van der Waals surface area (Å²) in [4.78, 5) is 24.3. The van der Waals surface area contributed by atoms with E-state index in [-0.39, 0.29) is 18.5 Å². The molecule has 50 heavy (non-hydrogen) atoms. The van der Waals surface area contributed by atoms with Gasteiger partial charge in [-0.2, -0.15) is 0 Å². The lowest BCUT2D eigenvalue weighted by atomic mass is 10.0. The third-order valence-corrected chi connectivity index (χ3v) is 10.1. The van der Waals surface area contributed by atoms with E-state index in [9.17, 15) is 19.8 Å². The van der Waals surface area contributed by atoms with Gasteiger partial charge >= 0.3 is 5.97 Å². The topological polar surface area (TPSA) is 95.9 Å². The molecule has 0 bridgehead atoms. The Morgan fingerprint density at radius 3 is 1.42 bits per heavy atom. The van der Waals surface area contributed by atoms with Crippen molar-refractivity contribution >= 4 is 11.9 Å². The first-order valence-electron chi connectivity index (χ1n) is 21.9. The zero-order valence-corrected chi connectivity index (χ0v) is 33.4. The van der Waals surface area contributed by atoms with Crippen molar-refractivity contribution in [3.63, 3.8) is 0 Å². The molecule has 0 rings (SSSR count). The van der Waals surface area contributed by atoms with Crippen molar-refractivity contribution in [1.29, 1.82) is 0 Å². The molecule has 0 aromatic heterocycles.